The lowest BCUT2D eigenvalue weighted by Crippen LogP contribution is -2.24. The molecule has 17 heavy (non-hydrogen) atoms. The average Bonchev–Trinajstić information content (AvgIpc) is 2.51. The molecule has 4 nitrogen and oxygen atoms in total. The zero-order valence-electron chi connectivity index (χ0n) is 11.2. The summed E-state index contributed by atoms with van der Waals surface area (Å²) in [5, 5.41) is 0. The van der Waals surface area contributed by atoms with Gasteiger partial charge in [-0.3, -0.25) is 0 Å². The van der Waals surface area contributed by atoms with Crippen LogP contribution < -0.4 is 4.72 Å². The highest BCUT2D eigenvalue weighted by molar-refractivity contribution is 7.89. The molecule has 1 aromatic heterocycles. The third-order valence-corrected chi connectivity index (χ3v) is 4.31. The summed E-state index contributed by atoms with van der Waals surface area (Å²) < 4.78 is 27.6. The van der Waals surface area contributed by atoms with E-state index in [2.05, 4.69) is 23.1 Å². The minimum atomic E-state index is -3.12. The lowest BCUT2D eigenvalue weighted by Gasteiger charge is -2.13. The van der Waals surface area contributed by atoms with Gasteiger partial charge in [0.1, 0.15) is 0 Å². The molecule has 0 saturated carbocycles. The molecular formula is C12H22N2O2S. The number of aryl methyl sites for hydroxylation is 1. The van der Waals surface area contributed by atoms with Crippen LogP contribution in [0.25, 0.3) is 0 Å². The third kappa shape index (κ3) is 3.33. The number of nitrogens with one attached hydrogen (secondary N) is 1. The zero-order valence-corrected chi connectivity index (χ0v) is 12.1. The van der Waals surface area contributed by atoms with Crippen LogP contribution in [0.3, 0.4) is 0 Å². The Morgan fingerprint density at radius 1 is 1.35 bits per heavy atom. The largest absolute Gasteiger partial charge is 0.346 e. The first-order valence-corrected chi connectivity index (χ1v) is 7.58. The number of hydrogen-bond donors (Lipinski definition) is 1. The minimum Gasteiger partial charge on any atom is -0.346 e. The molecule has 0 unspecified atom stereocenters. The maximum Gasteiger partial charge on any atom is 0.211 e. The predicted octanol–water partition coefficient (Wildman–Crippen LogP) is 2.13. The molecule has 0 spiro atoms. The van der Waals surface area contributed by atoms with Crippen molar-refractivity contribution in [3.63, 3.8) is 0 Å². The number of hydrogen-bond acceptors (Lipinski definition) is 2. The van der Waals surface area contributed by atoms with Crippen LogP contribution in [-0.4, -0.2) is 18.7 Å². The van der Waals surface area contributed by atoms with Crippen LogP contribution in [0.15, 0.2) is 6.07 Å². The maximum absolute atomic E-state index is 11.4. The van der Waals surface area contributed by atoms with Crippen molar-refractivity contribution in [2.24, 2.45) is 0 Å². The highest BCUT2D eigenvalue weighted by Crippen LogP contribution is 2.19. The van der Waals surface area contributed by atoms with E-state index in [0.29, 0.717) is 12.6 Å². The molecule has 1 heterocycles. The molecule has 0 aromatic carbocycles. The summed E-state index contributed by atoms with van der Waals surface area (Å²) in [4.78, 5) is 0. The van der Waals surface area contributed by atoms with E-state index in [1.807, 2.05) is 19.9 Å². The predicted molar refractivity (Wildman–Crippen MR) is 70.6 cm³/mol. The average molecular weight is 258 g/mol. The quantitative estimate of drug-likeness (QED) is 0.879. The normalized spacial score (nSPS) is 12.4. The third-order valence-electron chi connectivity index (χ3n) is 2.97. The van der Waals surface area contributed by atoms with E-state index >= 15 is 0 Å². The van der Waals surface area contributed by atoms with Gasteiger partial charge in [0.05, 0.1) is 5.75 Å². The van der Waals surface area contributed by atoms with E-state index in [4.69, 9.17) is 0 Å². The molecule has 5 heteroatoms. The number of aromatic nitrogens is 1. The van der Waals surface area contributed by atoms with Crippen LogP contribution in [0.2, 0.25) is 0 Å². The molecule has 0 aliphatic carbocycles. The number of nitrogens with zero attached hydrogens (tertiary/aromatic N) is 1. The standard InChI is InChI=1S/C12H22N2O2S/c1-6-17(15,16)13-8-12-7-10(4)14(9(2)3)11(12)5/h7,9,13H,6,8H2,1-5H3. The van der Waals surface area contributed by atoms with E-state index in [1.54, 1.807) is 6.92 Å². The van der Waals surface area contributed by atoms with Gasteiger partial charge in [-0.1, -0.05) is 0 Å². The second-order valence-corrected chi connectivity index (χ2v) is 6.68. The Balaban J connectivity index is 2.91. The summed E-state index contributed by atoms with van der Waals surface area (Å²) in [6, 6.07) is 2.44. The van der Waals surface area contributed by atoms with Crippen molar-refractivity contribution in [1.29, 1.82) is 0 Å². The van der Waals surface area contributed by atoms with E-state index in [9.17, 15) is 8.42 Å². The fourth-order valence-electron chi connectivity index (χ4n) is 2.11. The Labute approximate surface area is 104 Å². The molecule has 0 aliphatic rings. The summed E-state index contributed by atoms with van der Waals surface area (Å²) in [6.07, 6.45) is 0. The van der Waals surface area contributed by atoms with Crippen molar-refractivity contribution in [2.45, 2.75) is 47.2 Å². The second-order valence-electron chi connectivity index (χ2n) is 4.58. The lowest BCUT2D eigenvalue weighted by atomic mass is 10.2. The maximum atomic E-state index is 11.4. The van der Waals surface area contributed by atoms with E-state index in [1.165, 1.54) is 5.69 Å². The lowest BCUT2D eigenvalue weighted by molar-refractivity contribution is 0.570. The monoisotopic (exact) mass is 258 g/mol. The fourth-order valence-corrected chi connectivity index (χ4v) is 2.69. The van der Waals surface area contributed by atoms with Crippen molar-refractivity contribution in [3.05, 3.63) is 23.0 Å². The zero-order chi connectivity index (χ0) is 13.2. The van der Waals surface area contributed by atoms with Crippen LogP contribution in [0.5, 0.6) is 0 Å². The van der Waals surface area contributed by atoms with E-state index < -0.39 is 10.0 Å². The molecule has 98 valence electrons. The number of rotatable bonds is 5. The summed E-state index contributed by atoms with van der Waals surface area (Å²) in [6.45, 7) is 10.3. The Kier molecular flexibility index (Phi) is 4.38. The highest BCUT2D eigenvalue weighted by atomic mass is 32.2. The Morgan fingerprint density at radius 3 is 2.35 bits per heavy atom. The second kappa shape index (κ2) is 5.23. The van der Waals surface area contributed by atoms with Crippen LogP contribution in [-0.2, 0) is 16.6 Å². The van der Waals surface area contributed by atoms with Gasteiger partial charge in [0.2, 0.25) is 10.0 Å². The van der Waals surface area contributed by atoms with Crippen molar-refractivity contribution in [3.8, 4) is 0 Å². The molecule has 1 N–H and O–H groups in total. The molecular weight excluding hydrogens is 236 g/mol. The molecule has 0 aliphatic heterocycles. The topological polar surface area (TPSA) is 51.1 Å². The molecule has 1 rings (SSSR count). The van der Waals surface area contributed by atoms with Crippen LogP contribution in [0, 0.1) is 13.8 Å². The van der Waals surface area contributed by atoms with Crippen molar-refractivity contribution in [2.75, 3.05) is 5.75 Å². The number of sulfonamides is 1. The van der Waals surface area contributed by atoms with E-state index in [0.717, 1.165) is 11.3 Å². The van der Waals surface area contributed by atoms with Gasteiger partial charge in [-0.2, -0.15) is 0 Å². The molecule has 0 amide bonds. The van der Waals surface area contributed by atoms with Gasteiger partial charge in [-0.25, -0.2) is 13.1 Å². The Morgan fingerprint density at radius 2 is 1.94 bits per heavy atom. The SMILES string of the molecule is CCS(=O)(=O)NCc1cc(C)n(C(C)C)c1C. The smallest absolute Gasteiger partial charge is 0.211 e. The first-order valence-electron chi connectivity index (χ1n) is 5.93. The summed E-state index contributed by atoms with van der Waals surface area (Å²) in [7, 11) is -3.12. The minimum absolute atomic E-state index is 0.121. The Hall–Kier alpha value is -0.810. The van der Waals surface area contributed by atoms with Crippen LogP contribution >= 0.6 is 0 Å². The van der Waals surface area contributed by atoms with Gasteiger partial charge >= 0.3 is 0 Å². The molecule has 0 radical (unpaired) electrons. The highest BCUT2D eigenvalue weighted by Gasteiger charge is 2.13. The summed E-state index contributed by atoms with van der Waals surface area (Å²) >= 11 is 0. The van der Waals surface area contributed by atoms with Crippen LogP contribution in [0.1, 0.15) is 43.8 Å². The summed E-state index contributed by atoms with van der Waals surface area (Å²) in [5.41, 5.74) is 3.35. The first-order chi connectivity index (χ1) is 7.78. The molecule has 1 aromatic rings. The van der Waals surface area contributed by atoms with Gasteiger partial charge in [-0.05, 0) is 46.2 Å². The van der Waals surface area contributed by atoms with E-state index in [-0.39, 0.29) is 5.75 Å². The summed E-state index contributed by atoms with van der Waals surface area (Å²) in [5.74, 6) is 0.121. The van der Waals surface area contributed by atoms with Gasteiger partial charge in [0, 0.05) is 24.0 Å². The molecule has 0 bridgehead atoms. The van der Waals surface area contributed by atoms with Crippen molar-refractivity contribution < 1.29 is 8.42 Å². The molecule has 0 saturated heterocycles. The van der Waals surface area contributed by atoms with Gasteiger partial charge in [-0.15, -0.1) is 0 Å². The van der Waals surface area contributed by atoms with Gasteiger partial charge < -0.3 is 4.57 Å². The van der Waals surface area contributed by atoms with Gasteiger partial charge in [0.25, 0.3) is 0 Å². The van der Waals surface area contributed by atoms with Crippen LogP contribution in [0.4, 0.5) is 0 Å². The first kappa shape index (κ1) is 14.3. The molecule has 0 atom stereocenters. The van der Waals surface area contributed by atoms with Crippen molar-refractivity contribution in [1.82, 2.24) is 9.29 Å². The Bertz CT molecular complexity index is 487. The van der Waals surface area contributed by atoms with Gasteiger partial charge in [0.15, 0.2) is 0 Å². The van der Waals surface area contributed by atoms with Crippen molar-refractivity contribution >= 4 is 10.0 Å². The molecule has 0 fully saturated rings. The fraction of sp³-hybridized carbons (Fsp3) is 0.667.